The van der Waals surface area contributed by atoms with Crippen molar-refractivity contribution >= 4 is 21.7 Å². The van der Waals surface area contributed by atoms with Crippen LogP contribution in [0.15, 0.2) is 40.3 Å². The highest BCUT2D eigenvalue weighted by molar-refractivity contribution is 7.89. The lowest BCUT2D eigenvalue weighted by Gasteiger charge is -2.06. The number of hydrogen-bond donors (Lipinski definition) is 3. The molecule has 1 amide bonds. The summed E-state index contributed by atoms with van der Waals surface area (Å²) in [6, 6.07) is 4.31. The molecule has 0 atom stereocenters. The fraction of sp³-hybridized carbons (Fsp3) is 0.0833. The van der Waals surface area contributed by atoms with Gasteiger partial charge in [0.25, 0.3) is 5.56 Å². The molecule has 0 spiro atoms. The third kappa shape index (κ3) is 3.52. The Labute approximate surface area is 120 Å². The number of pyridine rings is 2. The summed E-state index contributed by atoms with van der Waals surface area (Å²) in [6.45, 7) is 1.34. The number of amides is 1. The van der Waals surface area contributed by atoms with Crippen molar-refractivity contribution in [3.05, 3.63) is 40.9 Å². The van der Waals surface area contributed by atoms with Gasteiger partial charge in [0.2, 0.25) is 15.9 Å². The number of anilines is 1. The topological polar surface area (TPSA) is 135 Å². The molecule has 0 aliphatic heterocycles. The first-order chi connectivity index (χ1) is 9.77. The van der Waals surface area contributed by atoms with Gasteiger partial charge in [-0.2, -0.15) is 0 Å². The summed E-state index contributed by atoms with van der Waals surface area (Å²) in [4.78, 5) is 28.2. The Hall–Kier alpha value is -2.52. The Bertz CT molecular complexity index is 858. The molecule has 0 aliphatic rings. The average molecular weight is 308 g/mol. The van der Waals surface area contributed by atoms with Crippen molar-refractivity contribution in [2.24, 2.45) is 5.14 Å². The molecule has 21 heavy (non-hydrogen) atoms. The first-order valence-electron chi connectivity index (χ1n) is 5.77. The number of nitrogens with one attached hydrogen (secondary N) is 2. The molecular formula is C12H12N4O4S. The van der Waals surface area contributed by atoms with Crippen LogP contribution < -0.4 is 16.0 Å². The van der Waals surface area contributed by atoms with Gasteiger partial charge in [0.05, 0.1) is 0 Å². The quantitative estimate of drug-likeness (QED) is 0.736. The Morgan fingerprint density at radius 3 is 2.67 bits per heavy atom. The second kappa shape index (κ2) is 5.46. The van der Waals surface area contributed by atoms with Gasteiger partial charge in [0, 0.05) is 19.3 Å². The van der Waals surface area contributed by atoms with Gasteiger partial charge in [-0.15, -0.1) is 0 Å². The molecule has 0 radical (unpaired) electrons. The molecule has 4 N–H and O–H groups in total. The number of carbonyl (C=O) groups is 1. The molecule has 0 unspecified atom stereocenters. The maximum Gasteiger partial charge on any atom is 0.268 e. The summed E-state index contributed by atoms with van der Waals surface area (Å²) in [5, 5.41) is 7.49. The van der Waals surface area contributed by atoms with E-state index in [1.165, 1.54) is 25.4 Å². The number of rotatable bonds is 3. The Balaban J connectivity index is 2.53. The van der Waals surface area contributed by atoms with Crippen molar-refractivity contribution in [2.45, 2.75) is 11.8 Å². The minimum atomic E-state index is -4.12. The van der Waals surface area contributed by atoms with E-state index in [1.54, 1.807) is 12.1 Å². The molecule has 2 aromatic rings. The van der Waals surface area contributed by atoms with Gasteiger partial charge in [0.1, 0.15) is 10.7 Å². The minimum Gasteiger partial charge on any atom is -0.327 e. The third-order valence-electron chi connectivity index (χ3n) is 2.57. The first-order valence-corrected chi connectivity index (χ1v) is 7.31. The maximum atomic E-state index is 11.5. The molecule has 0 fully saturated rings. The molecule has 9 heteroatoms. The van der Waals surface area contributed by atoms with Crippen LogP contribution in [-0.2, 0) is 14.8 Å². The maximum absolute atomic E-state index is 11.5. The van der Waals surface area contributed by atoms with Crippen LogP contribution in [0.5, 0.6) is 0 Å². The summed E-state index contributed by atoms with van der Waals surface area (Å²) in [6.07, 6.45) is 2.80. The van der Waals surface area contributed by atoms with E-state index in [4.69, 9.17) is 5.14 Å². The van der Waals surface area contributed by atoms with Gasteiger partial charge in [-0.25, -0.2) is 18.5 Å². The fourth-order valence-electron chi connectivity index (χ4n) is 1.70. The predicted octanol–water partition coefficient (Wildman–Crippen LogP) is 0.0427. The van der Waals surface area contributed by atoms with Gasteiger partial charge >= 0.3 is 0 Å². The van der Waals surface area contributed by atoms with Crippen LogP contribution >= 0.6 is 0 Å². The van der Waals surface area contributed by atoms with Gasteiger partial charge in [0.15, 0.2) is 0 Å². The molecule has 8 nitrogen and oxygen atoms in total. The number of carbonyl (C=O) groups excluding carboxylic acids is 1. The van der Waals surface area contributed by atoms with Crippen molar-refractivity contribution in [2.75, 3.05) is 5.32 Å². The highest BCUT2D eigenvalue weighted by Gasteiger charge is 2.14. The van der Waals surface area contributed by atoms with Crippen LogP contribution in [0.3, 0.4) is 0 Å². The summed E-state index contributed by atoms with van der Waals surface area (Å²) in [5.41, 5.74) is 0.194. The zero-order valence-electron chi connectivity index (χ0n) is 11.0. The van der Waals surface area contributed by atoms with Crippen LogP contribution in [0.2, 0.25) is 0 Å². The molecule has 0 saturated heterocycles. The van der Waals surface area contributed by atoms with Crippen LogP contribution in [0, 0.1) is 0 Å². The van der Waals surface area contributed by atoms with Gasteiger partial charge in [-0.3, -0.25) is 9.59 Å². The second-order valence-electron chi connectivity index (χ2n) is 4.24. The Morgan fingerprint density at radius 1 is 1.33 bits per heavy atom. The van der Waals surface area contributed by atoms with Gasteiger partial charge < -0.3 is 10.3 Å². The van der Waals surface area contributed by atoms with E-state index in [-0.39, 0.29) is 5.91 Å². The lowest BCUT2D eigenvalue weighted by molar-refractivity contribution is -0.114. The molecule has 2 rings (SSSR count). The smallest absolute Gasteiger partial charge is 0.268 e. The molecule has 0 aromatic carbocycles. The van der Waals surface area contributed by atoms with E-state index in [0.717, 1.165) is 0 Å². The molecule has 2 aromatic heterocycles. The Kier molecular flexibility index (Phi) is 3.87. The molecule has 0 saturated carbocycles. The number of sulfonamides is 1. The van der Waals surface area contributed by atoms with Crippen molar-refractivity contribution in [3.8, 4) is 11.1 Å². The minimum absolute atomic E-state index is 0.286. The van der Waals surface area contributed by atoms with Crippen molar-refractivity contribution in [3.63, 3.8) is 0 Å². The number of primary sulfonamides is 1. The number of aromatic nitrogens is 2. The monoisotopic (exact) mass is 308 g/mol. The van der Waals surface area contributed by atoms with Gasteiger partial charge in [-0.1, -0.05) is 0 Å². The lowest BCUT2D eigenvalue weighted by atomic mass is 10.1. The first kappa shape index (κ1) is 14.9. The molecular weight excluding hydrogens is 296 g/mol. The van der Waals surface area contributed by atoms with Crippen molar-refractivity contribution in [1.29, 1.82) is 0 Å². The summed E-state index contributed by atoms with van der Waals surface area (Å²) in [7, 11) is -4.12. The number of nitrogens with zero attached hydrogens (tertiary/aromatic N) is 1. The molecule has 110 valence electrons. The zero-order chi connectivity index (χ0) is 15.6. The summed E-state index contributed by atoms with van der Waals surface area (Å²) in [5.74, 6) is 0.0229. The highest BCUT2D eigenvalue weighted by Crippen LogP contribution is 2.21. The van der Waals surface area contributed by atoms with Crippen LogP contribution in [0.25, 0.3) is 11.1 Å². The largest absolute Gasteiger partial charge is 0.327 e. The second-order valence-corrected chi connectivity index (χ2v) is 5.77. The van der Waals surface area contributed by atoms with E-state index in [0.29, 0.717) is 16.9 Å². The average Bonchev–Trinajstić information content (AvgIpc) is 2.37. The number of nitrogens with two attached hydrogens (primary N) is 1. The lowest BCUT2D eigenvalue weighted by Crippen LogP contribution is -2.23. The summed E-state index contributed by atoms with van der Waals surface area (Å²) >= 11 is 0. The predicted molar refractivity (Wildman–Crippen MR) is 76.0 cm³/mol. The van der Waals surface area contributed by atoms with Crippen LogP contribution in [0.4, 0.5) is 5.82 Å². The fourth-order valence-corrected chi connectivity index (χ4v) is 2.31. The number of H-pyrrole nitrogens is 1. The SMILES string of the molecule is CC(=O)Nc1cc(-c2c[nH]c(=O)c(S(N)(=O)=O)c2)ccn1. The third-order valence-corrected chi connectivity index (χ3v) is 3.49. The molecule has 0 bridgehead atoms. The molecule has 2 heterocycles. The van der Waals surface area contributed by atoms with Crippen LogP contribution in [-0.4, -0.2) is 24.3 Å². The van der Waals surface area contributed by atoms with E-state index in [1.807, 2.05) is 0 Å². The summed E-state index contributed by atoms with van der Waals surface area (Å²) < 4.78 is 22.7. The van der Waals surface area contributed by atoms with E-state index in [9.17, 15) is 18.0 Å². The Morgan fingerprint density at radius 2 is 2.05 bits per heavy atom. The van der Waals surface area contributed by atoms with Crippen molar-refractivity contribution < 1.29 is 13.2 Å². The molecule has 0 aliphatic carbocycles. The zero-order valence-corrected chi connectivity index (χ0v) is 11.8. The van der Waals surface area contributed by atoms with Gasteiger partial charge in [-0.05, 0) is 29.3 Å². The number of hydrogen-bond acceptors (Lipinski definition) is 5. The highest BCUT2D eigenvalue weighted by atomic mass is 32.2. The van der Waals surface area contributed by atoms with E-state index >= 15 is 0 Å². The van der Waals surface area contributed by atoms with E-state index in [2.05, 4.69) is 15.3 Å². The van der Waals surface area contributed by atoms with Crippen LogP contribution in [0.1, 0.15) is 6.92 Å². The van der Waals surface area contributed by atoms with E-state index < -0.39 is 20.5 Å². The standard InChI is InChI=1S/C12H12N4O4S/c1-7(17)16-11-5-8(2-3-14-11)9-4-10(21(13,19)20)12(18)15-6-9/h2-6H,1H3,(H,15,18)(H2,13,19,20)(H,14,16,17). The number of aromatic amines is 1. The van der Waals surface area contributed by atoms with Crippen molar-refractivity contribution in [1.82, 2.24) is 9.97 Å². The normalized spacial score (nSPS) is 11.1.